The number of tetrazole rings is 1. The molecule has 4 rings (SSSR count). The third-order valence-corrected chi connectivity index (χ3v) is 5.42. The normalized spacial score (nSPS) is 17.1. The van der Waals surface area contributed by atoms with Crippen LogP contribution in [0.1, 0.15) is 42.9 Å². The molecular formula is C20H25N5O2. The molecule has 0 spiro atoms. The summed E-state index contributed by atoms with van der Waals surface area (Å²) < 4.78 is 7.52. The number of pyridine rings is 1. The van der Waals surface area contributed by atoms with Gasteiger partial charge in [0.25, 0.3) is 0 Å². The Labute approximate surface area is 158 Å². The summed E-state index contributed by atoms with van der Waals surface area (Å²) in [5.74, 6) is 0.122. The van der Waals surface area contributed by atoms with E-state index in [4.69, 9.17) is 4.74 Å². The van der Waals surface area contributed by atoms with Gasteiger partial charge in [-0.05, 0) is 66.4 Å². The van der Waals surface area contributed by atoms with Gasteiger partial charge >= 0.3 is 0 Å². The third kappa shape index (κ3) is 3.39. The van der Waals surface area contributed by atoms with Crippen molar-refractivity contribution in [2.45, 2.75) is 52.7 Å². The van der Waals surface area contributed by atoms with Gasteiger partial charge in [0.2, 0.25) is 5.91 Å². The average Bonchev–Trinajstić information content (AvgIpc) is 3.34. The highest BCUT2D eigenvalue weighted by atomic mass is 16.5. The van der Waals surface area contributed by atoms with Gasteiger partial charge < -0.3 is 9.64 Å². The number of hydrogen-bond acceptors (Lipinski definition) is 5. The van der Waals surface area contributed by atoms with Crippen molar-refractivity contribution in [1.82, 2.24) is 24.9 Å². The van der Waals surface area contributed by atoms with Crippen molar-refractivity contribution in [2.24, 2.45) is 0 Å². The fraction of sp³-hybridized carbons (Fsp3) is 0.500. The van der Waals surface area contributed by atoms with Gasteiger partial charge in [0, 0.05) is 37.1 Å². The predicted molar refractivity (Wildman–Crippen MR) is 102 cm³/mol. The fourth-order valence-corrected chi connectivity index (χ4v) is 3.76. The van der Waals surface area contributed by atoms with E-state index < -0.39 is 0 Å². The van der Waals surface area contributed by atoms with Gasteiger partial charge in [0.15, 0.2) is 5.65 Å². The number of carbonyl (C=O) groups is 1. The van der Waals surface area contributed by atoms with E-state index in [1.807, 2.05) is 11.8 Å². The Balaban J connectivity index is 1.75. The Hall–Kier alpha value is -2.54. The van der Waals surface area contributed by atoms with E-state index in [1.54, 1.807) is 4.52 Å². The van der Waals surface area contributed by atoms with Gasteiger partial charge in [-0.1, -0.05) is 6.92 Å². The van der Waals surface area contributed by atoms with Crippen LogP contribution in [0.5, 0.6) is 0 Å². The molecule has 0 radical (unpaired) electrons. The van der Waals surface area contributed by atoms with Crippen LogP contribution < -0.4 is 0 Å². The quantitative estimate of drug-likeness (QED) is 0.693. The summed E-state index contributed by atoms with van der Waals surface area (Å²) in [5, 5.41) is 13.4. The molecule has 1 unspecified atom stereocenters. The van der Waals surface area contributed by atoms with Crippen LogP contribution in [0.15, 0.2) is 18.2 Å². The zero-order chi connectivity index (χ0) is 19.0. The van der Waals surface area contributed by atoms with Gasteiger partial charge in [0.05, 0.1) is 11.6 Å². The fourth-order valence-electron chi connectivity index (χ4n) is 3.76. The molecule has 1 atom stereocenters. The number of benzene rings is 1. The second-order valence-electron chi connectivity index (χ2n) is 7.34. The van der Waals surface area contributed by atoms with E-state index in [1.165, 1.54) is 11.1 Å². The summed E-state index contributed by atoms with van der Waals surface area (Å²) >= 11 is 0. The van der Waals surface area contributed by atoms with Crippen molar-refractivity contribution in [2.75, 3.05) is 13.2 Å². The molecule has 2 aromatic heterocycles. The first-order valence-electron chi connectivity index (χ1n) is 9.57. The summed E-state index contributed by atoms with van der Waals surface area (Å²) in [5.41, 5.74) is 5.06. The zero-order valence-corrected chi connectivity index (χ0v) is 16.1. The van der Waals surface area contributed by atoms with E-state index in [0.717, 1.165) is 35.9 Å². The SMILES string of the molecule is CCC(=O)N(Cc1cc2cc(C)c(C)cc2n2nnnc12)CC1CCCO1. The van der Waals surface area contributed by atoms with Crippen LogP contribution in [0.4, 0.5) is 0 Å². The lowest BCUT2D eigenvalue weighted by Crippen LogP contribution is -2.36. The number of ether oxygens (including phenoxy) is 1. The molecule has 7 heteroatoms. The van der Waals surface area contributed by atoms with E-state index in [2.05, 4.69) is 47.6 Å². The van der Waals surface area contributed by atoms with Crippen LogP contribution >= 0.6 is 0 Å². The van der Waals surface area contributed by atoms with Crippen LogP contribution in [0.25, 0.3) is 16.6 Å². The van der Waals surface area contributed by atoms with E-state index in [0.29, 0.717) is 25.2 Å². The maximum atomic E-state index is 12.6. The topological polar surface area (TPSA) is 72.6 Å². The zero-order valence-electron chi connectivity index (χ0n) is 16.1. The minimum atomic E-state index is 0.122. The van der Waals surface area contributed by atoms with Gasteiger partial charge in [-0.25, -0.2) is 0 Å². The third-order valence-electron chi connectivity index (χ3n) is 5.42. The molecule has 1 aliphatic heterocycles. The number of carbonyl (C=O) groups excluding carboxylic acids is 1. The molecule has 0 bridgehead atoms. The standard InChI is InChI=1S/C20H25N5O2/c1-4-19(26)24(12-17-6-5-7-27-17)11-16-10-15-8-13(2)14(3)9-18(15)25-20(16)21-22-23-25/h8-10,17H,4-7,11-12H2,1-3H3. The average molecular weight is 367 g/mol. The minimum absolute atomic E-state index is 0.122. The maximum absolute atomic E-state index is 12.6. The Morgan fingerprint density at radius 2 is 2.11 bits per heavy atom. The molecule has 1 aliphatic rings. The van der Waals surface area contributed by atoms with Crippen LogP contribution in [0, 0.1) is 13.8 Å². The van der Waals surface area contributed by atoms with E-state index >= 15 is 0 Å². The summed E-state index contributed by atoms with van der Waals surface area (Å²) in [4.78, 5) is 14.4. The van der Waals surface area contributed by atoms with E-state index in [-0.39, 0.29) is 12.0 Å². The van der Waals surface area contributed by atoms with Crippen molar-refractivity contribution >= 4 is 22.5 Å². The number of aromatic nitrogens is 4. The first-order chi connectivity index (χ1) is 13.1. The number of rotatable bonds is 5. The molecule has 0 N–H and O–H groups in total. The Bertz CT molecular complexity index is 991. The number of aryl methyl sites for hydroxylation is 2. The van der Waals surface area contributed by atoms with Crippen LogP contribution in [0.2, 0.25) is 0 Å². The summed E-state index contributed by atoms with van der Waals surface area (Å²) in [6.07, 6.45) is 2.66. The van der Waals surface area contributed by atoms with Gasteiger partial charge in [-0.3, -0.25) is 4.79 Å². The highest BCUT2D eigenvalue weighted by Gasteiger charge is 2.23. The van der Waals surface area contributed by atoms with Crippen LogP contribution in [-0.4, -0.2) is 50.1 Å². The number of amides is 1. The van der Waals surface area contributed by atoms with Crippen molar-refractivity contribution in [1.29, 1.82) is 0 Å². The first kappa shape index (κ1) is 17.9. The van der Waals surface area contributed by atoms with Crippen molar-refractivity contribution in [3.8, 4) is 0 Å². The van der Waals surface area contributed by atoms with Crippen molar-refractivity contribution in [3.63, 3.8) is 0 Å². The summed E-state index contributed by atoms with van der Waals surface area (Å²) in [6, 6.07) is 6.37. The van der Waals surface area contributed by atoms with Crippen molar-refractivity contribution < 1.29 is 9.53 Å². The number of nitrogens with zero attached hydrogens (tertiary/aromatic N) is 5. The predicted octanol–water partition coefficient (Wildman–Crippen LogP) is 2.81. The second kappa shape index (κ2) is 7.23. The van der Waals surface area contributed by atoms with Crippen molar-refractivity contribution in [3.05, 3.63) is 34.9 Å². The lowest BCUT2D eigenvalue weighted by Gasteiger charge is -2.25. The number of fused-ring (bicyclic) bond motifs is 3. The Morgan fingerprint density at radius 3 is 2.85 bits per heavy atom. The molecule has 1 aromatic carbocycles. The summed E-state index contributed by atoms with van der Waals surface area (Å²) in [7, 11) is 0. The Kier molecular flexibility index (Phi) is 4.78. The first-order valence-corrected chi connectivity index (χ1v) is 9.57. The molecule has 0 saturated carbocycles. The monoisotopic (exact) mass is 367 g/mol. The maximum Gasteiger partial charge on any atom is 0.222 e. The lowest BCUT2D eigenvalue weighted by molar-refractivity contribution is -0.133. The molecule has 1 fully saturated rings. The molecule has 27 heavy (non-hydrogen) atoms. The lowest BCUT2D eigenvalue weighted by atomic mass is 10.0. The molecule has 0 aliphatic carbocycles. The molecular weight excluding hydrogens is 342 g/mol. The van der Waals surface area contributed by atoms with Crippen LogP contribution in [-0.2, 0) is 16.1 Å². The van der Waals surface area contributed by atoms with Gasteiger partial charge in [-0.15, -0.1) is 5.10 Å². The van der Waals surface area contributed by atoms with Gasteiger partial charge in [0.1, 0.15) is 0 Å². The molecule has 3 aromatic rings. The molecule has 1 saturated heterocycles. The summed E-state index contributed by atoms with van der Waals surface area (Å²) in [6.45, 7) is 7.96. The van der Waals surface area contributed by atoms with Gasteiger partial charge in [-0.2, -0.15) is 4.52 Å². The molecule has 7 nitrogen and oxygen atoms in total. The smallest absolute Gasteiger partial charge is 0.222 e. The highest BCUT2D eigenvalue weighted by molar-refractivity contribution is 5.85. The largest absolute Gasteiger partial charge is 0.376 e. The van der Waals surface area contributed by atoms with Crippen LogP contribution in [0.3, 0.4) is 0 Å². The highest BCUT2D eigenvalue weighted by Crippen LogP contribution is 2.24. The molecule has 3 heterocycles. The minimum Gasteiger partial charge on any atom is -0.376 e. The van der Waals surface area contributed by atoms with E-state index in [9.17, 15) is 4.79 Å². The molecule has 1 amide bonds. The molecule has 142 valence electrons. The second-order valence-corrected chi connectivity index (χ2v) is 7.34. The number of hydrogen-bond donors (Lipinski definition) is 0. The Morgan fingerprint density at radius 1 is 1.30 bits per heavy atom.